The second-order valence-corrected chi connectivity index (χ2v) is 5.06. The molecule has 1 aliphatic heterocycles. The van der Waals surface area contributed by atoms with E-state index >= 15 is 0 Å². The highest BCUT2D eigenvalue weighted by Gasteiger charge is 2.15. The third-order valence-electron chi connectivity index (χ3n) is 3.76. The van der Waals surface area contributed by atoms with Gasteiger partial charge < -0.3 is 15.0 Å². The maximum Gasteiger partial charge on any atom is 0.0486 e. The number of nitrogens with zero attached hydrogens (tertiary/aromatic N) is 1. The van der Waals surface area contributed by atoms with E-state index in [4.69, 9.17) is 0 Å². The first-order chi connectivity index (χ1) is 8.83. The summed E-state index contributed by atoms with van der Waals surface area (Å²) in [6.07, 6.45) is 4.10. The van der Waals surface area contributed by atoms with Gasteiger partial charge in [-0.1, -0.05) is 6.92 Å². The van der Waals surface area contributed by atoms with Gasteiger partial charge in [-0.2, -0.15) is 0 Å². The Balaban J connectivity index is 2.17. The minimum atomic E-state index is 0.223. The second-order valence-electron chi connectivity index (χ2n) is 5.06. The summed E-state index contributed by atoms with van der Waals surface area (Å²) < 4.78 is 2.33. The van der Waals surface area contributed by atoms with Crippen LogP contribution in [0.1, 0.15) is 30.0 Å². The molecular formula is C15H20N2O. The molecule has 3 nitrogen and oxygen atoms in total. The number of rotatable bonds is 4. The smallest absolute Gasteiger partial charge is 0.0486 e. The largest absolute Gasteiger partial charge is 0.396 e. The third kappa shape index (κ3) is 1.84. The zero-order chi connectivity index (χ0) is 12.5. The Kier molecular flexibility index (Phi) is 3.10. The molecule has 0 spiro atoms. The van der Waals surface area contributed by atoms with Gasteiger partial charge >= 0.3 is 0 Å². The minimum absolute atomic E-state index is 0.223. The number of hydrogen-bond acceptors (Lipinski definition) is 2. The third-order valence-corrected chi connectivity index (χ3v) is 3.76. The molecule has 0 saturated carbocycles. The number of aliphatic hydroxyl groups is 1. The molecule has 0 saturated heterocycles. The van der Waals surface area contributed by atoms with Crippen molar-refractivity contribution >= 4 is 10.9 Å². The highest BCUT2D eigenvalue weighted by molar-refractivity contribution is 5.86. The van der Waals surface area contributed by atoms with Gasteiger partial charge in [0.1, 0.15) is 0 Å². The average molecular weight is 244 g/mol. The molecule has 0 bridgehead atoms. The Labute approximate surface area is 107 Å². The molecule has 0 aliphatic carbocycles. The molecule has 3 heteroatoms. The number of hydrogen-bond donors (Lipinski definition) is 2. The Hall–Kier alpha value is -1.32. The van der Waals surface area contributed by atoms with Crippen molar-refractivity contribution in [2.75, 3.05) is 6.61 Å². The molecule has 1 aromatic heterocycles. The summed E-state index contributed by atoms with van der Waals surface area (Å²) in [6, 6.07) is 4.63. The van der Waals surface area contributed by atoms with Crippen LogP contribution in [-0.4, -0.2) is 16.3 Å². The summed E-state index contributed by atoms with van der Waals surface area (Å²) in [5, 5.41) is 13.9. The van der Waals surface area contributed by atoms with E-state index < -0.39 is 0 Å². The SMILES string of the molecule is CCCn1cc(CCO)c2cc3c(cc21)CNC3. The lowest BCUT2D eigenvalue weighted by atomic mass is 10.0. The van der Waals surface area contributed by atoms with Crippen molar-refractivity contribution in [3.63, 3.8) is 0 Å². The molecule has 0 amide bonds. The normalized spacial score (nSPS) is 14.3. The van der Waals surface area contributed by atoms with Crippen molar-refractivity contribution in [3.8, 4) is 0 Å². The minimum Gasteiger partial charge on any atom is -0.396 e. The summed E-state index contributed by atoms with van der Waals surface area (Å²) in [4.78, 5) is 0. The molecular weight excluding hydrogens is 224 g/mol. The zero-order valence-electron chi connectivity index (χ0n) is 10.9. The number of aromatic nitrogens is 1. The van der Waals surface area contributed by atoms with Crippen molar-refractivity contribution in [1.29, 1.82) is 0 Å². The second kappa shape index (κ2) is 4.75. The van der Waals surface area contributed by atoms with Crippen LogP contribution in [0.15, 0.2) is 18.3 Å². The molecule has 2 aromatic rings. The molecule has 0 unspecified atom stereocenters. The quantitative estimate of drug-likeness (QED) is 0.865. The molecule has 0 radical (unpaired) electrons. The standard InChI is InChI=1S/C15H20N2O/c1-2-4-17-10-11(3-5-18)14-6-12-8-16-9-13(12)7-15(14)17/h6-7,10,16,18H,2-5,8-9H2,1H3. The first-order valence-corrected chi connectivity index (χ1v) is 6.78. The predicted molar refractivity (Wildman–Crippen MR) is 73.6 cm³/mol. The van der Waals surface area contributed by atoms with Crippen molar-refractivity contribution < 1.29 is 5.11 Å². The van der Waals surface area contributed by atoms with E-state index in [9.17, 15) is 5.11 Å². The molecule has 18 heavy (non-hydrogen) atoms. The number of benzene rings is 1. The van der Waals surface area contributed by atoms with Gasteiger partial charge in [0.25, 0.3) is 0 Å². The summed E-state index contributed by atoms with van der Waals surface area (Å²) in [6.45, 7) is 5.43. The fourth-order valence-electron chi connectivity index (χ4n) is 2.90. The molecule has 96 valence electrons. The lowest BCUT2D eigenvalue weighted by Gasteiger charge is -2.04. The maximum atomic E-state index is 9.19. The van der Waals surface area contributed by atoms with E-state index in [1.54, 1.807) is 0 Å². The van der Waals surface area contributed by atoms with E-state index in [1.165, 1.54) is 27.6 Å². The van der Waals surface area contributed by atoms with Crippen molar-refractivity contribution in [2.24, 2.45) is 0 Å². The van der Waals surface area contributed by atoms with Crippen molar-refractivity contribution in [3.05, 3.63) is 35.0 Å². The Morgan fingerprint density at radius 1 is 1.28 bits per heavy atom. The summed E-state index contributed by atoms with van der Waals surface area (Å²) in [5.41, 5.74) is 5.43. The molecule has 2 N–H and O–H groups in total. The Morgan fingerprint density at radius 2 is 2.06 bits per heavy atom. The van der Waals surface area contributed by atoms with Gasteiger partial charge in [0.2, 0.25) is 0 Å². The fraction of sp³-hybridized carbons (Fsp3) is 0.467. The van der Waals surface area contributed by atoms with Crippen molar-refractivity contribution in [1.82, 2.24) is 9.88 Å². The first-order valence-electron chi connectivity index (χ1n) is 6.78. The van der Waals surface area contributed by atoms with Gasteiger partial charge in [-0.05, 0) is 41.7 Å². The summed E-state index contributed by atoms with van der Waals surface area (Å²) in [7, 11) is 0. The van der Waals surface area contributed by atoms with Crippen LogP contribution in [-0.2, 0) is 26.1 Å². The lowest BCUT2D eigenvalue weighted by Crippen LogP contribution is -2.00. The van der Waals surface area contributed by atoms with Gasteiger partial charge in [0.15, 0.2) is 0 Å². The monoisotopic (exact) mass is 244 g/mol. The van der Waals surface area contributed by atoms with Crippen LogP contribution in [0.2, 0.25) is 0 Å². The molecule has 0 atom stereocenters. The molecule has 1 aromatic carbocycles. The van der Waals surface area contributed by atoms with Gasteiger partial charge in [0.05, 0.1) is 0 Å². The zero-order valence-corrected chi connectivity index (χ0v) is 10.9. The van der Waals surface area contributed by atoms with Crippen LogP contribution in [0, 0.1) is 0 Å². The van der Waals surface area contributed by atoms with E-state index in [-0.39, 0.29) is 6.61 Å². The van der Waals surface area contributed by atoms with E-state index in [1.807, 2.05) is 0 Å². The van der Waals surface area contributed by atoms with Crippen LogP contribution in [0.25, 0.3) is 10.9 Å². The van der Waals surface area contributed by atoms with Gasteiger partial charge in [0, 0.05) is 43.3 Å². The van der Waals surface area contributed by atoms with Crippen LogP contribution in [0.5, 0.6) is 0 Å². The lowest BCUT2D eigenvalue weighted by molar-refractivity contribution is 0.300. The molecule has 1 aliphatic rings. The summed E-state index contributed by atoms with van der Waals surface area (Å²) >= 11 is 0. The molecule has 2 heterocycles. The van der Waals surface area contributed by atoms with Crippen LogP contribution in [0.3, 0.4) is 0 Å². The van der Waals surface area contributed by atoms with Gasteiger partial charge in [-0.25, -0.2) is 0 Å². The number of aryl methyl sites for hydroxylation is 1. The highest BCUT2D eigenvalue weighted by Crippen LogP contribution is 2.28. The van der Waals surface area contributed by atoms with E-state index in [0.29, 0.717) is 0 Å². The number of aliphatic hydroxyl groups excluding tert-OH is 1. The first kappa shape index (κ1) is 11.8. The fourth-order valence-corrected chi connectivity index (χ4v) is 2.90. The summed E-state index contributed by atoms with van der Waals surface area (Å²) in [5.74, 6) is 0. The molecule has 0 fully saturated rings. The van der Waals surface area contributed by atoms with Gasteiger partial charge in [-0.15, -0.1) is 0 Å². The van der Waals surface area contributed by atoms with E-state index in [0.717, 1.165) is 32.5 Å². The van der Waals surface area contributed by atoms with Crippen LogP contribution >= 0.6 is 0 Å². The highest BCUT2D eigenvalue weighted by atomic mass is 16.2. The number of nitrogens with one attached hydrogen (secondary N) is 1. The maximum absolute atomic E-state index is 9.19. The Bertz CT molecular complexity index is 523. The number of fused-ring (bicyclic) bond motifs is 2. The predicted octanol–water partition coefficient (Wildman–Crippen LogP) is 2.19. The van der Waals surface area contributed by atoms with Crippen molar-refractivity contribution in [2.45, 2.75) is 39.4 Å². The average Bonchev–Trinajstić information content (AvgIpc) is 2.94. The van der Waals surface area contributed by atoms with Gasteiger partial charge in [-0.3, -0.25) is 0 Å². The Morgan fingerprint density at radius 3 is 2.78 bits per heavy atom. The van der Waals surface area contributed by atoms with E-state index in [2.05, 4.69) is 35.1 Å². The van der Waals surface area contributed by atoms with Crippen LogP contribution in [0.4, 0.5) is 0 Å². The topological polar surface area (TPSA) is 37.2 Å². The van der Waals surface area contributed by atoms with Crippen LogP contribution < -0.4 is 5.32 Å². The molecule has 3 rings (SSSR count).